The number of carbonyl (C=O) groups excluding carboxylic acids is 1. The highest BCUT2D eigenvalue weighted by Crippen LogP contribution is 2.30. The van der Waals surface area contributed by atoms with E-state index >= 15 is 0 Å². The molecule has 6 atom stereocenters. The number of hydrogen-bond donors (Lipinski definition) is 0. The maximum Gasteiger partial charge on any atom is 0.303 e. The minimum atomic E-state index is -1.52. The minimum Gasteiger partial charge on any atom is -0.446 e. The molecule has 1 unspecified atom stereocenters. The van der Waals surface area contributed by atoms with Gasteiger partial charge in [0.2, 0.25) is 5.44 Å². The van der Waals surface area contributed by atoms with Crippen LogP contribution in [0.3, 0.4) is 0 Å². The van der Waals surface area contributed by atoms with Crippen molar-refractivity contribution in [3.63, 3.8) is 0 Å². The molecule has 0 aromatic carbocycles. The fourth-order valence-corrected chi connectivity index (χ4v) is 4.30. The summed E-state index contributed by atoms with van der Waals surface area (Å²) in [7, 11) is 4.46. The van der Waals surface area contributed by atoms with Crippen LogP contribution in [0.1, 0.15) is 6.92 Å². The topological polar surface area (TPSA) is 80.3 Å². The standard InChI is InChI=1S/C12H22O7S/c1-7(13)19-12-11(18-5)10(17-4)9(16-3)8(6-15-2)20(12)14/h8-12H,6H2,1-5H3/t8-,9-,10+,11-,12+,20?/m1/s1. The van der Waals surface area contributed by atoms with Crippen LogP contribution >= 0.6 is 0 Å². The molecule has 0 radical (unpaired) electrons. The Bertz CT molecular complexity index is 349. The van der Waals surface area contributed by atoms with Gasteiger partial charge in [-0.3, -0.25) is 9.00 Å². The molecule has 7 nitrogen and oxygen atoms in total. The van der Waals surface area contributed by atoms with E-state index in [2.05, 4.69) is 0 Å². The van der Waals surface area contributed by atoms with Gasteiger partial charge in [0.1, 0.15) is 18.3 Å². The SMILES string of the molecule is COC[C@@H]1[C@@H](OC)[C@H](OC)[C@@H](OC)[C@@H](OC(C)=O)S1=O. The Morgan fingerprint density at radius 1 is 1.00 bits per heavy atom. The van der Waals surface area contributed by atoms with Crippen molar-refractivity contribution in [2.24, 2.45) is 0 Å². The summed E-state index contributed by atoms with van der Waals surface area (Å²) in [5.41, 5.74) is -0.908. The predicted octanol–water partition coefficient (Wildman–Crippen LogP) is -0.302. The molecule has 0 amide bonds. The van der Waals surface area contributed by atoms with Crippen LogP contribution in [-0.4, -0.2) is 74.2 Å². The molecule has 20 heavy (non-hydrogen) atoms. The Morgan fingerprint density at radius 2 is 1.55 bits per heavy atom. The molecular weight excluding hydrogens is 288 g/mol. The highest BCUT2D eigenvalue weighted by Gasteiger charge is 2.52. The maximum absolute atomic E-state index is 12.6. The second kappa shape index (κ2) is 8.04. The number of esters is 1. The summed E-state index contributed by atoms with van der Waals surface area (Å²) in [4.78, 5) is 11.2. The third kappa shape index (κ3) is 3.56. The number of hydrogen-bond acceptors (Lipinski definition) is 7. The Hall–Kier alpha value is -0.540. The molecule has 1 fully saturated rings. The van der Waals surface area contributed by atoms with Crippen molar-refractivity contribution in [3.8, 4) is 0 Å². The Balaban J connectivity index is 3.10. The molecule has 0 aliphatic carbocycles. The van der Waals surface area contributed by atoms with E-state index in [0.29, 0.717) is 0 Å². The minimum absolute atomic E-state index is 0.208. The zero-order valence-corrected chi connectivity index (χ0v) is 13.2. The van der Waals surface area contributed by atoms with Gasteiger partial charge in [-0.25, -0.2) is 0 Å². The highest BCUT2D eigenvalue weighted by molar-refractivity contribution is 7.86. The molecule has 0 aromatic heterocycles. The van der Waals surface area contributed by atoms with Gasteiger partial charge in [0.25, 0.3) is 0 Å². The van der Waals surface area contributed by atoms with Crippen LogP contribution in [0.2, 0.25) is 0 Å². The van der Waals surface area contributed by atoms with Gasteiger partial charge in [0, 0.05) is 35.4 Å². The molecule has 1 aliphatic rings. The second-order valence-electron chi connectivity index (χ2n) is 4.40. The van der Waals surface area contributed by atoms with Crippen LogP contribution in [0.4, 0.5) is 0 Å². The summed E-state index contributed by atoms with van der Waals surface area (Å²) in [6.07, 6.45) is -1.65. The molecule has 0 spiro atoms. The molecule has 1 rings (SSSR count). The third-order valence-corrected chi connectivity index (χ3v) is 5.06. The molecule has 0 bridgehead atoms. The largest absolute Gasteiger partial charge is 0.446 e. The fraction of sp³-hybridized carbons (Fsp3) is 0.917. The van der Waals surface area contributed by atoms with Gasteiger partial charge in [-0.2, -0.15) is 0 Å². The Morgan fingerprint density at radius 3 is 1.95 bits per heavy atom. The van der Waals surface area contributed by atoms with Gasteiger partial charge >= 0.3 is 5.97 Å². The van der Waals surface area contributed by atoms with Crippen molar-refractivity contribution >= 4 is 16.8 Å². The lowest BCUT2D eigenvalue weighted by Gasteiger charge is -2.43. The van der Waals surface area contributed by atoms with E-state index in [0.717, 1.165) is 0 Å². The van der Waals surface area contributed by atoms with E-state index in [4.69, 9.17) is 23.7 Å². The lowest BCUT2D eigenvalue weighted by atomic mass is 10.0. The van der Waals surface area contributed by atoms with E-state index in [1.54, 1.807) is 0 Å². The first-order chi connectivity index (χ1) is 9.51. The molecule has 0 aromatic rings. The molecule has 0 N–H and O–H groups in total. The first-order valence-electron chi connectivity index (χ1n) is 6.15. The van der Waals surface area contributed by atoms with Gasteiger partial charge < -0.3 is 23.7 Å². The quantitative estimate of drug-likeness (QED) is 0.623. The zero-order chi connectivity index (χ0) is 15.3. The van der Waals surface area contributed by atoms with Gasteiger partial charge in [-0.15, -0.1) is 0 Å². The summed E-state index contributed by atoms with van der Waals surface area (Å²) in [6.45, 7) is 1.47. The van der Waals surface area contributed by atoms with Crippen molar-refractivity contribution in [3.05, 3.63) is 0 Å². The monoisotopic (exact) mass is 310 g/mol. The van der Waals surface area contributed by atoms with E-state index in [9.17, 15) is 9.00 Å². The van der Waals surface area contributed by atoms with Gasteiger partial charge in [-0.1, -0.05) is 0 Å². The van der Waals surface area contributed by atoms with E-state index < -0.39 is 45.8 Å². The number of carbonyl (C=O) groups is 1. The van der Waals surface area contributed by atoms with Crippen LogP contribution in [0, 0.1) is 0 Å². The molecule has 1 aliphatic heterocycles. The Labute approximate surface area is 121 Å². The van der Waals surface area contributed by atoms with Crippen molar-refractivity contribution in [2.45, 2.75) is 35.9 Å². The molecule has 0 saturated carbocycles. The van der Waals surface area contributed by atoms with Crippen LogP contribution in [0.25, 0.3) is 0 Å². The summed E-state index contributed by atoms with van der Waals surface area (Å²) >= 11 is 0. The van der Waals surface area contributed by atoms with E-state index in [1.165, 1.54) is 35.4 Å². The van der Waals surface area contributed by atoms with Crippen molar-refractivity contribution in [1.82, 2.24) is 0 Å². The lowest BCUT2D eigenvalue weighted by molar-refractivity contribution is -0.165. The predicted molar refractivity (Wildman–Crippen MR) is 71.8 cm³/mol. The van der Waals surface area contributed by atoms with Crippen LogP contribution in [0.15, 0.2) is 0 Å². The second-order valence-corrected chi connectivity index (χ2v) is 6.13. The summed E-state index contributed by atoms with van der Waals surface area (Å²) in [5.74, 6) is -0.521. The van der Waals surface area contributed by atoms with Crippen LogP contribution in [-0.2, 0) is 39.3 Å². The maximum atomic E-state index is 12.6. The van der Waals surface area contributed by atoms with E-state index in [1.807, 2.05) is 0 Å². The zero-order valence-electron chi connectivity index (χ0n) is 12.4. The van der Waals surface area contributed by atoms with Gasteiger partial charge in [0.15, 0.2) is 0 Å². The summed E-state index contributed by atoms with van der Waals surface area (Å²) < 4.78 is 39.0. The van der Waals surface area contributed by atoms with Crippen molar-refractivity contribution in [1.29, 1.82) is 0 Å². The van der Waals surface area contributed by atoms with E-state index in [-0.39, 0.29) is 6.61 Å². The number of rotatable bonds is 6. The highest BCUT2D eigenvalue weighted by atomic mass is 32.2. The average Bonchev–Trinajstić information content (AvgIpc) is 2.42. The average molecular weight is 310 g/mol. The third-order valence-electron chi connectivity index (χ3n) is 3.24. The molecule has 8 heteroatoms. The number of ether oxygens (including phenoxy) is 5. The van der Waals surface area contributed by atoms with Crippen LogP contribution in [0.5, 0.6) is 0 Å². The summed E-state index contributed by atoms with van der Waals surface area (Å²) in [5, 5.41) is -0.467. The van der Waals surface area contributed by atoms with Gasteiger partial charge in [-0.05, 0) is 0 Å². The normalized spacial score (nSPS) is 37.6. The Kier molecular flexibility index (Phi) is 7.04. The smallest absolute Gasteiger partial charge is 0.303 e. The first-order valence-corrected chi connectivity index (χ1v) is 7.43. The molecule has 1 heterocycles. The lowest BCUT2D eigenvalue weighted by Crippen LogP contribution is -2.62. The van der Waals surface area contributed by atoms with Crippen molar-refractivity contribution < 1.29 is 32.7 Å². The van der Waals surface area contributed by atoms with Crippen molar-refractivity contribution in [2.75, 3.05) is 35.0 Å². The fourth-order valence-electron chi connectivity index (χ4n) is 2.39. The first kappa shape index (κ1) is 17.5. The number of methoxy groups -OCH3 is 4. The summed E-state index contributed by atoms with van der Waals surface area (Å²) in [6, 6.07) is 0. The van der Waals surface area contributed by atoms with Gasteiger partial charge in [0.05, 0.1) is 22.7 Å². The molecule has 1 saturated heterocycles. The molecule has 118 valence electrons. The molecular formula is C12H22O7S. The van der Waals surface area contributed by atoms with Crippen LogP contribution < -0.4 is 0 Å².